The Balaban J connectivity index is 2.30. The fourth-order valence-electron chi connectivity index (χ4n) is 2.46. The van der Waals surface area contributed by atoms with E-state index in [1.54, 1.807) is 10.6 Å². The summed E-state index contributed by atoms with van der Waals surface area (Å²) in [5, 5.41) is 15.1. The number of benzene rings is 1. The fourth-order valence-corrected chi connectivity index (χ4v) is 2.83. The van der Waals surface area contributed by atoms with Crippen molar-refractivity contribution in [1.29, 1.82) is 0 Å². The number of aromatic nitrogens is 3. The number of rotatable bonds is 7. The van der Waals surface area contributed by atoms with Gasteiger partial charge in [-0.25, -0.2) is 4.68 Å². The normalized spacial score (nSPS) is 12.1. The molecule has 0 aliphatic heterocycles. The summed E-state index contributed by atoms with van der Waals surface area (Å²) in [6.45, 7) is 2.03. The molecule has 0 bridgehead atoms. The molecule has 0 aliphatic carbocycles. The summed E-state index contributed by atoms with van der Waals surface area (Å²) in [5.74, 6) is 0. The van der Waals surface area contributed by atoms with Crippen LogP contribution in [0.25, 0.3) is 0 Å². The van der Waals surface area contributed by atoms with Crippen LogP contribution in [0.1, 0.15) is 25.5 Å². The van der Waals surface area contributed by atoms with Crippen molar-refractivity contribution < 1.29 is 18.1 Å². The Kier molecular flexibility index (Phi) is 6.13. The molecule has 7 nitrogen and oxygen atoms in total. The number of alkyl halides is 3. The average molecular weight is 389 g/mol. The maximum Gasteiger partial charge on any atom is 0.401 e. The van der Waals surface area contributed by atoms with Crippen LogP contribution < -0.4 is 0 Å². The molecule has 1 heterocycles. The first-order valence-corrected chi connectivity index (χ1v) is 8.14. The second kappa shape index (κ2) is 7.96. The van der Waals surface area contributed by atoms with Gasteiger partial charge in [0.25, 0.3) is 5.69 Å². The van der Waals surface area contributed by atoms with Gasteiger partial charge in [0.05, 0.1) is 18.1 Å². The summed E-state index contributed by atoms with van der Waals surface area (Å²) in [5.41, 5.74) is -0.0347. The van der Waals surface area contributed by atoms with Crippen LogP contribution in [0.5, 0.6) is 0 Å². The monoisotopic (exact) mass is 389 g/mol. The SMILES string of the molecule is CC(C)n1cnn(CN(Cc2ccccc2[N+](=O)[O-])CC(F)(F)F)c1=S. The number of para-hydroxylation sites is 1. The summed E-state index contributed by atoms with van der Waals surface area (Å²) in [6, 6.07) is 5.74. The van der Waals surface area contributed by atoms with Gasteiger partial charge in [-0.05, 0) is 26.1 Å². The molecule has 0 saturated carbocycles. The zero-order valence-corrected chi connectivity index (χ0v) is 15.0. The Morgan fingerprint density at radius 3 is 2.54 bits per heavy atom. The van der Waals surface area contributed by atoms with E-state index in [0.717, 1.165) is 4.90 Å². The molecule has 142 valence electrons. The lowest BCUT2D eigenvalue weighted by atomic mass is 10.1. The van der Waals surface area contributed by atoms with Gasteiger partial charge >= 0.3 is 6.18 Å². The molecule has 0 aliphatic rings. The maximum absolute atomic E-state index is 13.0. The van der Waals surface area contributed by atoms with Gasteiger partial charge in [0.1, 0.15) is 6.33 Å². The van der Waals surface area contributed by atoms with Gasteiger partial charge in [-0.2, -0.15) is 18.3 Å². The van der Waals surface area contributed by atoms with Crippen LogP contribution in [0, 0.1) is 14.9 Å². The van der Waals surface area contributed by atoms with E-state index in [-0.39, 0.29) is 35.3 Å². The van der Waals surface area contributed by atoms with Gasteiger partial charge < -0.3 is 4.57 Å². The zero-order valence-electron chi connectivity index (χ0n) is 14.2. The van der Waals surface area contributed by atoms with Crippen LogP contribution in [0.15, 0.2) is 30.6 Å². The molecule has 1 aromatic heterocycles. The zero-order chi connectivity index (χ0) is 19.5. The Morgan fingerprint density at radius 2 is 2.00 bits per heavy atom. The van der Waals surface area contributed by atoms with Crippen LogP contribution in [-0.4, -0.2) is 36.9 Å². The van der Waals surface area contributed by atoms with E-state index in [0.29, 0.717) is 0 Å². The summed E-state index contributed by atoms with van der Waals surface area (Å²) >= 11 is 5.24. The van der Waals surface area contributed by atoms with E-state index >= 15 is 0 Å². The van der Waals surface area contributed by atoms with Crippen molar-refractivity contribution in [2.24, 2.45) is 0 Å². The van der Waals surface area contributed by atoms with Crippen molar-refractivity contribution in [2.45, 2.75) is 39.3 Å². The standard InChI is InChI=1S/C15H18F3N5O2S/c1-11(2)21-9-19-22(14(21)26)10-20(8-15(16,17)18)7-12-5-3-4-6-13(12)23(24)25/h3-6,9,11H,7-8,10H2,1-2H3. The molecule has 26 heavy (non-hydrogen) atoms. The number of hydrogen-bond donors (Lipinski definition) is 0. The molecule has 2 rings (SSSR count). The van der Waals surface area contributed by atoms with Gasteiger partial charge in [-0.15, -0.1) is 0 Å². The molecule has 0 radical (unpaired) electrons. The van der Waals surface area contributed by atoms with E-state index in [4.69, 9.17) is 12.2 Å². The van der Waals surface area contributed by atoms with E-state index in [1.807, 2.05) is 13.8 Å². The van der Waals surface area contributed by atoms with Crippen LogP contribution in [0.2, 0.25) is 0 Å². The van der Waals surface area contributed by atoms with Gasteiger partial charge in [-0.1, -0.05) is 18.2 Å². The highest BCUT2D eigenvalue weighted by atomic mass is 32.1. The van der Waals surface area contributed by atoms with Gasteiger partial charge in [0.2, 0.25) is 0 Å². The van der Waals surface area contributed by atoms with Crippen molar-refractivity contribution in [3.05, 3.63) is 51.0 Å². The van der Waals surface area contributed by atoms with E-state index in [1.165, 1.54) is 29.2 Å². The molecule has 0 fully saturated rings. The lowest BCUT2D eigenvalue weighted by Crippen LogP contribution is -2.35. The van der Waals surface area contributed by atoms with Gasteiger partial charge in [0.15, 0.2) is 4.77 Å². The molecular formula is C15H18F3N5O2S. The lowest BCUT2D eigenvalue weighted by molar-refractivity contribution is -0.385. The molecule has 0 unspecified atom stereocenters. The molecule has 0 spiro atoms. The summed E-state index contributed by atoms with van der Waals surface area (Å²) < 4.78 is 42.1. The number of nitro benzene ring substituents is 1. The Labute approximate surface area is 152 Å². The first-order valence-electron chi connectivity index (χ1n) is 7.74. The Bertz CT molecular complexity index is 831. The largest absolute Gasteiger partial charge is 0.401 e. The third-order valence-corrected chi connectivity index (χ3v) is 4.05. The van der Waals surface area contributed by atoms with Crippen LogP contribution >= 0.6 is 12.2 Å². The highest BCUT2D eigenvalue weighted by Crippen LogP contribution is 2.23. The van der Waals surface area contributed by atoms with Crippen molar-refractivity contribution in [2.75, 3.05) is 6.54 Å². The lowest BCUT2D eigenvalue weighted by Gasteiger charge is -2.23. The topological polar surface area (TPSA) is 69.1 Å². The minimum atomic E-state index is -4.47. The molecule has 11 heteroatoms. The second-order valence-corrected chi connectivity index (χ2v) is 6.41. The van der Waals surface area contributed by atoms with Gasteiger partial charge in [0, 0.05) is 24.2 Å². The van der Waals surface area contributed by atoms with Crippen molar-refractivity contribution in [3.8, 4) is 0 Å². The third kappa shape index (κ3) is 5.11. The third-order valence-electron chi connectivity index (χ3n) is 3.63. The predicted molar refractivity (Wildman–Crippen MR) is 91.0 cm³/mol. The second-order valence-electron chi connectivity index (χ2n) is 6.04. The summed E-state index contributed by atoms with van der Waals surface area (Å²) in [7, 11) is 0. The first kappa shape index (κ1) is 20.0. The minimum absolute atomic E-state index is 0.0162. The molecule has 0 N–H and O–H groups in total. The van der Waals surface area contributed by atoms with Crippen molar-refractivity contribution in [3.63, 3.8) is 0 Å². The predicted octanol–water partition coefficient (Wildman–Crippen LogP) is 3.93. The smallest absolute Gasteiger partial charge is 0.304 e. The Hall–Kier alpha value is -2.27. The van der Waals surface area contributed by atoms with Crippen molar-refractivity contribution in [1.82, 2.24) is 19.2 Å². The Morgan fingerprint density at radius 1 is 1.35 bits per heavy atom. The van der Waals surface area contributed by atoms with Crippen molar-refractivity contribution >= 4 is 17.9 Å². The molecule has 2 aromatic rings. The number of nitrogens with zero attached hydrogens (tertiary/aromatic N) is 5. The molecule has 1 aromatic carbocycles. The number of hydrogen-bond acceptors (Lipinski definition) is 5. The highest BCUT2D eigenvalue weighted by Gasteiger charge is 2.32. The van der Waals surface area contributed by atoms with Crippen LogP contribution in [-0.2, 0) is 13.2 Å². The fraction of sp³-hybridized carbons (Fsp3) is 0.467. The summed E-state index contributed by atoms with van der Waals surface area (Å²) in [6.07, 6.45) is -3.00. The molecule has 0 amide bonds. The number of halogens is 3. The van der Waals surface area contributed by atoms with Crippen LogP contribution in [0.4, 0.5) is 18.9 Å². The minimum Gasteiger partial charge on any atom is -0.304 e. The first-order chi connectivity index (χ1) is 12.1. The molecular weight excluding hydrogens is 371 g/mol. The van der Waals surface area contributed by atoms with Crippen LogP contribution in [0.3, 0.4) is 0 Å². The van der Waals surface area contributed by atoms with Gasteiger partial charge in [-0.3, -0.25) is 15.0 Å². The van der Waals surface area contributed by atoms with E-state index in [9.17, 15) is 23.3 Å². The molecule has 0 saturated heterocycles. The molecule has 0 atom stereocenters. The quantitative estimate of drug-likeness (QED) is 0.408. The maximum atomic E-state index is 13.0. The summed E-state index contributed by atoms with van der Waals surface area (Å²) in [4.78, 5) is 11.5. The average Bonchev–Trinajstić information content (AvgIpc) is 2.87. The highest BCUT2D eigenvalue weighted by molar-refractivity contribution is 7.71. The van der Waals surface area contributed by atoms with E-state index < -0.39 is 17.6 Å². The number of nitro groups is 1. The van der Waals surface area contributed by atoms with E-state index in [2.05, 4.69) is 5.10 Å².